The Morgan fingerprint density at radius 3 is 2.12 bits per heavy atom. The van der Waals surface area contributed by atoms with Crippen molar-refractivity contribution in [2.75, 3.05) is 20.2 Å². The molecule has 214 valence electrons. The molecule has 2 aromatic carbocycles. The Kier molecular flexibility index (Phi) is 7.75. The standard InChI is InChI=1S/C33H30Cl2N4O3/c1-3-26-21(17-40)11-13-27(36-26)24-8-4-6-22(30(24)34)23-7-5-9-25(31(23)35)28-12-10-20(32(37-28)42-2)16-39-18-33(19-39)15-14-29(41)38-33/h4-13,17H,3,14-16,18-19H2,1-2H3,(H,38,41). The number of amides is 1. The highest BCUT2D eigenvalue weighted by Gasteiger charge is 2.47. The number of hydrogen-bond donors (Lipinski definition) is 1. The molecular weight excluding hydrogens is 571 g/mol. The van der Waals surface area contributed by atoms with Crippen LogP contribution in [0.4, 0.5) is 0 Å². The summed E-state index contributed by atoms with van der Waals surface area (Å²) in [5, 5.41) is 4.18. The van der Waals surface area contributed by atoms with Crippen molar-refractivity contribution < 1.29 is 14.3 Å². The van der Waals surface area contributed by atoms with Crippen molar-refractivity contribution in [3.8, 4) is 39.5 Å². The molecule has 0 unspecified atom stereocenters. The fourth-order valence-corrected chi connectivity index (χ4v) is 6.67. The number of benzene rings is 2. The molecule has 7 nitrogen and oxygen atoms in total. The van der Waals surface area contributed by atoms with Crippen LogP contribution in [-0.4, -0.2) is 52.8 Å². The predicted molar refractivity (Wildman–Crippen MR) is 165 cm³/mol. The van der Waals surface area contributed by atoms with Gasteiger partial charge in [-0.3, -0.25) is 19.5 Å². The number of pyridine rings is 2. The van der Waals surface area contributed by atoms with Crippen LogP contribution in [0.15, 0.2) is 60.7 Å². The second-order valence-corrected chi connectivity index (χ2v) is 11.6. The van der Waals surface area contributed by atoms with E-state index in [9.17, 15) is 9.59 Å². The molecule has 42 heavy (non-hydrogen) atoms. The topological polar surface area (TPSA) is 84.4 Å². The van der Waals surface area contributed by atoms with Gasteiger partial charge in [0.15, 0.2) is 6.29 Å². The van der Waals surface area contributed by atoms with Gasteiger partial charge in [-0.1, -0.05) is 72.6 Å². The number of aldehydes is 1. The number of carbonyl (C=O) groups excluding carboxylic acids is 2. The van der Waals surface area contributed by atoms with Crippen molar-refractivity contribution >= 4 is 35.4 Å². The number of aryl methyl sites for hydroxylation is 1. The molecule has 0 aliphatic carbocycles. The Morgan fingerprint density at radius 1 is 0.929 bits per heavy atom. The average molecular weight is 602 g/mol. The van der Waals surface area contributed by atoms with Crippen molar-refractivity contribution in [2.24, 2.45) is 0 Å². The SMILES string of the molecule is CCc1nc(-c2cccc(-c3cccc(-c4ccc(CN5CC6(CCC(=O)N6)C5)c(OC)n4)c3Cl)c2Cl)ccc1C=O. The smallest absolute Gasteiger partial charge is 0.220 e. The van der Waals surface area contributed by atoms with Crippen LogP contribution in [0.2, 0.25) is 10.0 Å². The number of rotatable bonds is 8. The summed E-state index contributed by atoms with van der Waals surface area (Å²) in [6.45, 7) is 4.31. The van der Waals surface area contributed by atoms with Crippen LogP contribution in [0.5, 0.6) is 5.88 Å². The van der Waals surface area contributed by atoms with E-state index in [2.05, 4.69) is 10.2 Å². The van der Waals surface area contributed by atoms with Gasteiger partial charge in [-0.2, -0.15) is 0 Å². The molecule has 0 bridgehead atoms. The quantitative estimate of drug-likeness (QED) is 0.228. The van der Waals surface area contributed by atoms with Crippen LogP contribution in [-0.2, 0) is 17.8 Å². The fourth-order valence-electron chi connectivity index (χ4n) is 6.02. The lowest BCUT2D eigenvalue weighted by Gasteiger charge is -2.48. The van der Waals surface area contributed by atoms with Crippen molar-refractivity contribution in [1.29, 1.82) is 0 Å². The zero-order valence-corrected chi connectivity index (χ0v) is 24.9. The molecule has 4 aromatic rings. The first-order valence-corrected chi connectivity index (χ1v) is 14.7. The lowest BCUT2D eigenvalue weighted by molar-refractivity contribution is -0.120. The van der Waals surface area contributed by atoms with Crippen molar-refractivity contribution in [3.63, 3.8) is 0 Å². The zero-order valence-electron chi connectivity index (χ0n) is 23.4. The molecule has 6 rings (SSSR count). The van der Waals surface area contributed by atoms with E-state index < -0.39 is 0 Å². The Labute approximate surface area is 254 Å². The number of halogens is 2. The summed E-state index contributed by atoms with van der Waals surface area (Å²) in [6.07, 6.45) is 2.96. The van der Waals surface area contributed by atoms with Gasteiger partial charge in [0.2, 0.25) is 11.8 Å². The number of methoxy groups -OCH3 is 1. The van der Waals surface area contributed by atoms with Crippen molar-refractivity contribution in [3.05, 3.63) is 87.5 Å². The van der Waals surface area contributed by atoms with Crippen LogP contribution in [0.3, 0.4) is 0 Å². The molecule has 2 saturated heterocycles. The molecule has 2 aromatic heterocycles. The molecule has 0 saturated carbocycles. The fraction of sp³-hybridized carbons (Fsp3) is 0.273. The molecule has 2 aliphatic rings. The van der Waals surface area contributed by atoms with Crippen LogP contribution in [0, 0.1) is 0 Å². The van der Waals surface area contributed by atoms with Gasteiger partial charge in [-0.25, -0.2) is 4.98 Å². The van der Waals surface area contributed by atoms with E-state index in [0.29, 0.717) is 52.3 Å². The summed E-state index contributed by atoms with van der Waals surface area (Å²) >= 11 is 14.0. The minimum absolute atomic E-state index is 0.0719. The predicted octanol–water partition coefficient (Wildman–Crippen LogP) is 6.63. The van der Waals surface area contributed by atoms with Crippen LogP contribution >= 0.6 is 23.2 Å². The first-order valence-electron chi connectivity index (χ1n) is 13.9. The third kappa shape index (κ3) is 5.17. The minimum atomic E-state index is -0.0719. The Morgan fingerprint density at radius 2 is 1.55 bits per heavy atom. The van der Waals surface area contributed by atoms with E-state index >= 15 is 0 Å². The van der Waals surface area contributed by atoms with E-state index in [4.69, 9.17) is 37.9 Å². The highest BCUT2D eigenvalue weighted by Crippen LogP contribution is 2.42. The summed E-state index contributed by atoms with van der Waals surface area (Å²) in [7, 11) is 1.62. The number of aromatic nitrogens is 2. The van der Waals surface area contributed by atoms with Crippen LogP contribution in [0.1, 0.15) is 41.4 Å². The van der Waals surface area contributed by atoms with Crippen LogP contribution < -0.4 is 10.1 Å². The van der Waals surface area contributed by atoms with Gasteiger partial charge in [-0.05, 0) is 31.0 Å². The number of likely N-dealkylation sites (tertiary alicyclic amines) is 1. The first kappa shape index (κ1) is 28.3. The third-order valence-corrected chi connectivity index (χ3v) is 8.94. The Balaban J connectivity index is 1.29. The molecule has 4 heterocycles. The zero-order chi connectivity index (χ0) is 29.4. The number of ether oxygens (including phenoxy) is 1. The van der Waals surface area contributed by atoms with Gasteiger partial charge < -0.3 is 10.1 Å². The van der Waals surface area contributed by atoms with Crippen molar-refractivity contribution in [1.82, 2.24) is 20.2 Å². The molecule has 0 radical (unpaired) electrons. The average Bonchev–Trinajstić information content (AvgIpc) is 3.39. The lowest BCUT2D eigenvalue weighted by Crippen LogP contribution is -2.66. The minimum Gasteiger partial charge on any atom is -0.481 e. The number of nitrogens with one attached hydrogen (secondary N) is 1. The highest BCUT2D eigenvalue weighted by molar-refractivity contribution is 6.39. The largest absolute Gasteiger partial charge is 0.481 e. The molecule has 1 amide bonds. The maximum absolute atomic E-state index is 11.7. The molecular formula is C33H30Cl2N4O3. The van der Waals surface area contributed by atoms with E-state index in [1.807, 2.05) is 61.5 Å². The molecule has 1 spiro atoms. The van der Waals surface area contributed by atoms with Crippen molar-refractivity contribution in [2.45, 2.75) is 38.3 Å². The summed E-state index contributed by atoms with van der Waals surface area (Å²) in [5.74, 6) is 0.683. The van der Waals surface area contributed by atoms with Gasteiger partial charge in [0.05, 0.1) is 39.8 Å². The molecule has 1 N–H and O–H groups in total. The maximum atomic E-state index is 11.7. The first-order chi connectivity index (χ1) is 20.3. The second kappa shape index (κ2) is 11.5. The van der Waals surface area contributed by atoms with Crippen LogP contribution in [0.25, 0.3) is 33.6 Å². The molecule has 2 aliphatic heterocycles. The molecule has 0 atom stereocenters. The Bertz CT molecular complexity index is 1700. The number of hydrogen-bond acceptors (Lipinski definition) is 6. The van der Waals surface area contributed by atoms with E-state index in [1.54, 1.807) is 13.2 Å². The lowest BCUT2D eigenvalue weighted by atomic mass is 9.88. The van der Waals surface area contributed by atoms with Gasteiger partial charge in [0.25, 0.3) is 0 Å². The van der Waals surface area contributed by atoms with Gasteiger partial charge in [0.1, 0.15) is 0 Å². The normalized spacial score (nSPS) is 15.9. The Hall–Kier alpha value is -3.78. The van der Waals surface area contributed by atoms with Gasteiger partial charge in [0, 0.05) is 59.4 Å². The van der Waals surface area contributed by atoms with E-state index in [0.717, 1.165) is 59.3 Å². The number of carbonyl (C=O) groups is 2. The summed E-state index contributed by atoms with van der Waals surface area (Å²) in [5.41, 5.74) is 6.67. The molecule has 9 heteroatoms. The molecule has 2 fully saturated rings. The summed E-state index contributed by atoms with van der Waals surface area (Å²) in [4.78, 5) is 34.9. The maximum Gasteiger partial charge on any atom is 0.220 e. The van der Waals surface area contributed by atoms with E-state index in [1.165, 1.54) is 0 Å². The monoisotopic (exact) mass is 600 g/mol. The highest BCUT2D eigenvalue weighted by atomic mass is 35.5. The van der Waals surface area contributed by atoms with Gasteiger partial charge >= 0.3 is 0 Å². The summed E-state index contributed by atoms with van der Waals surface area (Å²) < 4.78 is 5.68. The van der Waals surface area contributed by atoms with Gasteiger partial charge in [-0.15, -0.1) is 0 Å². The number of nitrogens with zero attached hydrogens (tertiary/aromatic N) is 3. The van der Waals surface area contributed by atoms with E-state index in [-0.39, 0.29) is 11.4 Å². The second-order valence-electron chi connectivity index (χ2n) is 10.9. The third-order valence-electron chi connectivity index (χ3n) is 8.12. The summed E-state index contributed by atoms with van der Waals surface area (Å²) in [6, 6.07) is 19.1.